The van der Waals surface area contributed by atoms with E-state index in [1.165, 1.54) is 0 Å². The second kappa shape index (κ2) is 8.98. The summed E-state index contributed by atoms with van der Waals surface area (Å²) in [4.78, 5) is 24.1. The quantitative estimate of drug-likeness (QED) is 0.577. The van der Waals surface area contributed by atoms with Crippen LogP contribution in [-0.2, 0) is 19.0 Å². The minimum absolute atomic E-state index is 0.0254. The van der Waals surface area contributed by atoms with Crippen molar-refractivity contribution in [2.75, 3.05) is 13.2 Å². The van der Waals surface area contributed by atoms with E-state index >= 15 is 0 Å². The number of nitrogens with one attached hydrogen (secondary N) is 1. The standard InChI is InChI=1S/C16H29NO5/c1-5-20-11-10-13(17-15(19)22-16(2,3)4)14(18)21-12-8-6-7-9-12/h12-13H,5-11H2,1-4H3,(H,17,19). The van der Waals surface area contributed by atoms with E-state index in [1.807, 2.05) is 6.92 Å². The molecule has 1 unspecified atom stereocenters. The first-order valence-corrected chi connectivity index (χ1v) is 8.09. The van der Waals surface area contributed by atoms with Gasteiger partial charge in [-0.25, -0.2) is 9.59 Å². The predicted octanol–water partition coefficient (Wildman–Crippen LogP) is 2.79. The van der Waals surface area contributed by atoms with Gasteiger partial charge in [-0.3, -0.25) is 0 Å². The summed E-state index contributed by atoms with van der Waals surface area (Å²) in [7, 11) is 0. The van der Waals surface area contributed by atoms with Gasteiger partial charge in [-0.1, -0.05) is 0 Å². The van der Waals surface area contributed by atoms with Crippen LogP contribution in [0, 0.1) is 0 Å². The minimum Gasteiger partial charge on any atom is -0.461 e. The number of alkyl carbamates (subject to hydrolysis) is 1. The van der Waals surface area contributed by atoms with E-state index in [4.69, 9.17) is 14.2 Å². The summed E-state index contributed by atoms with van der Waals surface area (Å²) in [5, 5.41) is 2.59. The molecule has 22 heavy (non-hydrogen) atoms. The molecule has 0 aromatic heterocycles. The zero-order valence-corrected chi connectivity index (χ0v) is 14.1. The molecule has 128 valence electrons. The van der Waals surface area contributed by atoms with Crippen molar-refractivity contribution in [1.82, 2.24) is 5.32 Å². The van der Waals surface area contributed by atoms with Gasteiger partial charge in [-0.15, -0.1) is 0 Å². The van der Waals surface area contributed by atoms with Gasteiger partial charge in [0.15, 0.2) is 0 Å². The Kier molecular flexibility index (Phi) is 7.65. The van der Waals surface area contributed by atoms with E-state index in [9.17, 15) is 9.59 Å². The van der Waals surface area contributed by atoms with Crippen LogP contribution in [0.5, 0.6) is 0 Å². The molecule has 1 aliphatic carbocycles. The SMILES string of the molecule is CCOCCC(NC(=O)OC(C)(C)C)C(=O)OC1CCCC1. The Morgan fingerprint density at radius 3 is 2.41 bits per heavy atom. The molecule has 1 rings (SSSR count). The molecule has 1 saturated carbocycles. The molecule has 1 amide bonds. The Morgan fingerprint density at radius 1 is 1.23 bits per heavy atom. The van der Waals surface area contributed by atoms with Gasteiger partial charge in [0.25, 0.3) is 0 Å². The second-order valence-corrected chi connectivity index (χ2v) is 6.53. The number of amides is 1. The Hall–Kier alpha value is -1.30. The highest BCUT2D eigenvalue weighted by Crippen LogP contribution is 2.21. The normalized spacial score (nSPS) is 17.1. The topological polar surface area (TPSA) is 73.9 Å². The first-order chi connectivity index (χ1) is 10.3. The fraction of sp³-hybridized carbons (Fsp3) is 0.875. The number of ether oxygens (including phenoxy) is 3. The van der Waals surface area contributed by atoms with Crippen molar-refractivity contribution in [3.63, 3.8) is 0 Å². The van der Waals surface area contributed by atoms with Gasteiger partial charge in [0.1, 0.15) is 17.7 Å². The third-order valence-corrected chi connectivity index (χ3v) is 3.32. The van der Waals surface area contributed by atoms with E-state index in [0.717, 1.165) is 25.7 Å². The van der Waals surface area contributed by atoms with Crippen LogP contribution in [0.2, 0.25) is 0 Å². The van der Waals surface area contributed by atoms with Crippen LogP contribution in [0.3, 0.4) is 0 Å². The minimum atomic E-state index is -0.734. The van der Waals surface area contributed by atoms with E-state index in [1.54, 1.807) is 20.8 Å². The number of hydrogen-bond acceptors (Lipinski definition) is 5. The summed E-state index contributed by atoms with van der Waals surface area (Å²) in [6, 6.07) is -0.734. The van der Waals surface area contributed by atoms with Gasteiger partial charge >= 0.3 is 12.1 Å². The number of carbonyl (C=O) groups is 2. The van der Waals surface area contributed by atoms with Crippen molar-refractivity contribution in [2.24, 2.45) is 0 Å². The zero-order chi connectivity index (χ0) is 16.6. The van der Waals surface area contributed by atoms with Gasteiger partial charge in [-0.05, 0) is 53.4 Å². The molecule has 0 saturated heterocycles. The lowest BCUT2D eigenvalue weighted by molar-refractivity contribution is -0.151. The van der Waals surface area contributed by atoms with Gasteiger partial charge in [-0.2, -0.15) is 0 Å². The van der Waals surface area contributed by atoms with E-state index < -0.39 is 23.7 Å². The molecular weight excluding hydrogens is 286 g/mol. The Labute approximate surface area is 132 Å². The third-order valence-electron chi connectivity index (χ3n) is 3.32. The van der Waals surface area contributed by atoms with Crippen molar-refractivity contribution < 1.29 is 23.8 Å². The summed E-state index contributed by atoms with van der Waals surface area (Å²) in [5.41, 5.74) is -0.607. The van der Waals surface area contributed by atoms with E-state index in [2.05, 4.69) is 5.32 Å². The predicted molar refractivity (Wildman–Crippen MR) is 82.6 cm³/mol. The fourth-order valence-corrected chi connectivity index (χ4v) is 2.30. The first kappa shape index (κ1) is 18.7. The lowest BCUT2D eigenvalue weighted by Gasteiger charge is -2.23. The van der Waals surface area contributed by atoms with Gasteiger partial charge < -0.3 is 19.5 Å². The molecule has 1 atom stereocenters. The number of rotatable bonds is 7. The Balaban J connectivity index is 2.53. The number of carbonyl (C=O) groups excluding carboxylic acids is 2. The Bertz CT molecular complexity index is 358. The molecule has 0 spiro atoms. The molecule has 6 heteroatoms. The van der Waals surface area contributed by atoms with Crippen LogP contribution in [0.15, 0.2) is 0 Å². The largest absolute Gasteiger partial charge is 0.461 e. The second-order valence-electron chi connectivity index (χ2n) is 6.53. The summed E-state index contributed by atoms with van der Waals surface area (Å²) in [6.07, 6.45) is 3.70. The summed E-state index contributed by atoms with van der Waals surface area (Å²) in [6.45, 7) is 8.16. The first-order valence-electron chi connectivity index (χ1n) is 8.09. The monoisotopic (exact) mass is 315 g/mol. The lowest BCUT2D eigenvalue weighted by Crippen LogP contribution is -2.45. The van der Waals surface area contributed by atoms with Crippen molar-refractivity contribution in [3.8, 4) is 0 Å². The highest BCUT2D eigenvalue weighted by Gasteiger charge is 2.28. The molecule has 1 fully saturated rings. The highest BCUT2D eigenvalue weighted by atomic mass is 16.6. The molecule has 0 heterocycles. The zero-order valence-electron chi connectivity index (χ0n) is 14.1. The molecule has 6 nitrogen and oxygen atoms in total. The van der Waals surface area contributed by atoms with Crippen molar-refractivity contribution in [1.29, 1.82) is 0 Å². The summed E-state index contributed by atoms with van der Waals surface area (Å²) in [5.74, 6) is -0.405. The molecule has 1 aliphatic rings. The van der Waals surface area contributed by atoms with Crippen LogP contribution >= 0.6 is 0 Å². The maximum absolute atomic E-state index is 12.2. The average molecular weight is 315 g/mol. The fourth-order valence-electron chi connectivity index (χ4n) is 2.30. The van der Waals surface area contributed by atoms with Gasteiger partial charge in [0.2, 0.25) is 0 Å². The van der Waals surface area contributed by atoms with E-state index in [-0.39, 0.29) is 6.10 Å². The van der Waals surface area contributed by atoms with E-state index in [0.29, 0.717) is 19.6 Å². The van der Waals surface area contributed by atoms with Crippen LogP contribution in [0.25, 0.3) is 0 Å². The van der Waals surface area contributed by atoms with Crippen molar-refractivity contribution in [2.45, 2.75) is 77.5 Å². The third kappa shape index (κ3) is 7.64. The Morgan fingerprint density at radius 2 is 1.86 bits per heavy atom. The van der Waals surface area contributed by atoms with Crippen LogP contribution < -0.4 is 5.32 Å². The number of esters is 1. The van der Waals surface area contributed by atoms with Crippen LogP contribution in [0.4, 0.5) is 4.79 Å². The molecule has 1 N–H and O–H groups in total. The van der Waals surface area contributed by atoms with Gasteiger partial charge in [0, 0.05) is 19.6 Å². The molecule has 0 bridgehead atoms. The molecule has 0 aliphatic heterocycles. The molecule has 0 aromatic carbocycles. The maximum atomic E-state index is 12.2. The lowest BCUT2D eigenvalue weighted by atomic mass is 10.2. The summed E-state index contributed by atoms with van der Waals surface area (Å²) >= 11 is 0. The van der Waals surface area contributed by atoms with Crippen LogP contribution in [0.1, 0.15) is 59.8 Å². The van der Waals surface area contributed by atoms with Gasteiger partial charge in [0.05, 0.1) is 0 Å². The van der Waals surface area contributed by atoms with Crippen molar-refractivity contribution >= 4 is 12.1 Å². The summed E-state index contributed by atoms with van der Waals surface area (Å²) < 4.78 is 15.9. The van der Waals surface area contributed by atoms with Crippen molar-refractivity contribution in [3.05, 3.63) is 0 Å². The number of hydrogen-bond donors (Lipinski definition) is 1. The highest BCUT2D eigenvalue weighted by molar-refractivity contribution is 5.81. The molecule has 0 aromatic rings. The average Bonchev–Trinajstić information content (AvgIpc) is 2.88. The molecular formula is C16H29NO5. The van der Waals surface area contributed by atoms with Crippen LogP contribution in [-0.4, -0.2) is 43.0 Å². The smallest absolute Gasteiger partial charge is 0.408 e. The maximum Gasteiger partial charge on any atom is 0.408 e. The molecule has 0 radical (unpaired) electrons.